The van der Waals surface area contributed by atoms with Gasteiger partial charge in [0.1, 0.15) is 0 Å². The lowest BCUT2D eigenvalue weighted by Crippen LogP contribution is -2.26. The van der Waals surface area contributed by atoms with Crippen LogP contribution in [0.3, 0.4) is 0 Å². The molecule has 0 aliphatic rings. The molecular formula is C19H20N2O. The maximum absolute atomic E-state index is 9.19. The predicted molar refractivity (Wildman–Crippen MR) is 89.0 cm³/mol. The van der Waals surface area contributed by atoms with Gasteiger partial charge in [0.15, 0.2) is 0 Å². The molecule has 3 nitrogen and oxygen atoms in total. The van der Waals surface area contributed by atoms with Gasteiger partial charge in [0.05, 0.1) is 18.2 Å². The molecule has 1 N–H and O–H groups in total. The van der Waals surface area contributed by atoms with Crippen LogP contribution in [0.25, 0.3) is 6.08 Å². The summed E-state index contributed by atoms with van der Waals surface area (Å²) >= 11 is 0. The minimum atomic E-state index is 0.150. The van der Waals surface area contributed by atoms with E-state index in [2.05, 4.69) is 29.2 Å². The first-order valence-electron chi connectivity index (χ1n) is 7.35. The fraction of sp³-hybridized carbons (Fsp3) is 0.211. The monoisotopic (exact) mass is 292 g/mol. The molecule has 0 aromatic heterocycles. The molecule has 0 amide bonds. The second-order valence-corrected chi connectivity index (χ2v) is 5.08. The maximum atomic E-state index is 9.19. The van der Waals surface area contributed by atoms with Crippen molar-refractivity contribution >= 4 is 6.08 Å². The van der Waals surface area contributed by atoms with E-state index in [-0.39, 0.29) is 6.61 Å². The van der Waals surface area contributed by atoms with Gasteiger partial charge < -0.3 is 5.11 Å². The zero-order valence-corrected chi connectivity index (χ0v) is 12.5. The zero-order chi connectivity index (χ0) is 15.6. The van der Waals surface area contributed by atoms with Gasteiger partial charge in [-0.15, -0.1) is 0 Å². The molecule has 0 heterocycles. The van der Waals surface area contributed by atoms with Crippen molar-refractivity contribution in [3.63, 3.8) is 0 Å². The standard InChI is InChI=1S/C19H20N2O/c20-15-18-10-8-17(9-11-18)7-4-12-21(13-14-22)16-19-5-2-1-3-6-19/h1-11,22H,12-14,16H2/b7-4+. The van der Waals surface area contributed by atoms with Crippen LogP contribution in [-0.2, 0) is 6.54 Å². The molecule has 0 bridgehead atoms. The molecule has 0 aliphatic heterocycles. The Labute approximate surface area is 131 Å². The minimum absolute atomic E-state index is 0.150. The Bertz CT molecular complexity index is 627. The second-order valence-electron chi connectivity index (χ2n) is 5.08. The van der Waals surface area contributed by atoms with Crippen molar-refractivity contribution in [3.05, 3.63) is 77.4 Å². The maximum Gasteiger partial charge on any atom is 0.0991 e. The van der Waals surface area contributed by atoms with Crippen LogP contribution in [0.2, 0.25) is 0 Å². The molecule has 22 heavy (non-hydrogen) atoms. The SMILES string of the molecule is N#Cc1ccc(/C=C/CN(CCO)Cc2ccccc2)cc1. The van der Waals surface area contributed by atoms with Crippen molar-refractivity contribution < 1.29 is 5.11 Å². The molecule has 3 heteroatoms. The van der Waals surface area contributed by atoms with Gasteiger partial charge in [0.25, 0.3) is 0 Å². The Morgan fingerprint density at radius 3 is 2.41 bits per heavy atom. The average molecular weight is 292 g/mol. The van der Waals surface area contributed by atoms with Crippen molar-refractivity contribution in [2.45, 2.75) is 6.54 Å². The Morgan fingerprint density at radius 2 is 1.77 bits per heavy atom. The first kappa shape index (κ1) is 16.0. The van der Waals surface area contributed by atoms with Crippen LogP contribution in [0.15, 0.2) is 60.7 Å². The van der Waals surface area contributed by atoms with Crippen LogP contribution in [0.1, 0.15) is 16.7 Å². The summed E-state index contributed by atoms with van der Waals surface area (Å²) in [6.07, 6.45) is 4.12. The van der Waals surface area contributed by atoms with E-state index < -0.39 is 0 Å². The highest BCUT2D eigenvalue weighted by molar-refractivity contribution is 5.51. The lowest BCUT2D eigenvalue weighted by Gasteiger charge is -2.19. The summed E-state index contributed by atoms with van der Waals surface area (Å²) in [5.74, 6) is 0. The molecule has 0 atom stereocenters. The summed E-state index contributed by atoms with van der Waals surface area (Å²) in [5.41, 5.74) is 2.98. The molecule has 0 saturated carbocycles. The number of hydrogen-bond donors (Lipinski definition) is 1. The van der Waals surface area contributed by atoms with Crippen LogP contribution in [-0.4, -0.2) is 29.7 Å². The van der Waals surface area contributed by atoms with Crippen LogP contribution in [0.5, 0.6) is 0 Å². The molecule has 0 saturated heterocycles. The van der Waals surface area contributed by atoms with Gasteiger partial charge in [-0.25, -0.2) is 0 Å². The summed E-state index contributed by atoms with van der Waals surface area (Å²) in [6.45, 7) is 2.39. The Morgan fingerprint density at radius 1 is 1.05 bits per heavy atom. The van der Waals surface area contributed by atoms with E-state index in [9.17, 15) is 5.11 Å². The molecule has 2 rings (SSSR count). The fourth-order valence-electron chi connectivity index (χ4n) is 2.22. The molecular weight excluding hydrogens is 272 g/mol. The van der Waals surface area contributed by atoms with Crippen molar-refractivity contribution in [2.75, 3.05) is 19.7 Å². The molecule has 112 valence electrons. The van der Waals surface area contributed by atoms with Crippen molar-refractivity contribution in [1.82, 2.24) is 4.90 Å². The summed E-state index contributed by atoms with van der Waals surface area (Å²) in [5, 5.41) is 18.0. The van der Waals surface area contributed by atoms with Crippen molar-refractivity contribution in [1.29, 1.82) is 5.26 Å². The van der Waals surface area contributed by atoms with E-state index in [1.807, 2.05) is 48.5 Å². The molecule has 2 aromatic rings. The smallest absolute Gasteiger partial charge is 0.0991 e. The van der Waals surface area contributed by atoms with Crippen LogP contribution in [0.4, 0.5) is 0 Å². The normalized spacial score (nSPS) is 11.0. The number of rotatable bonds is 7. The van der Waals surface area contributed by atoms with Gasteiger partial charge >= 0.3 is 0 Å². The van der Waals surface area contributed by atoms with Gasteiger partial charge in [-0.3, -0.25) is 4.90 Å². The number of nitriles is 1. The lowest BCUT2D eigenvalue weighted by atomic mass is 10.1. The highest BCUT2D eigenvalue weighted by Crippen LogP contribution is 2.07. The van der Waals surface area contributed by atoms with Crippen LogP contribution in [0, 0.1) is 11.3 Å². The topological polar surface area (TPSA) is 47.3 Å². The number of aliphatic hydroxyl groups is 1. The predicted octanol–water partition coefficient (Wildman–Crippen LogP) is 3.07. The number of nitrogens with zero attached hydrogens (tertiary/aromatic N) is 2. The molecule has 0 fully saturated rings. The zero-order valence-electron chi connectivity index (χ0n) is 12.5. The first-order chi connectivity index (χ1) is 10.8. The molecule has 2 aromatic carbocycles. The molecule has 0 aliphatic carbocycles. The van der Waals surface area contributed by atoms with E-state index in [1.165, 1.54) is 5.56 Å². The van der Waals surface area contributed by atoms with Crippen LogP contribution >= 0.6 is 0 Å². The highest BCUT2D eigenvalue weighted by atomic mass is 16.3. The largest absolute Gasteiger partial charge is 0.395 e. The molecule has 0 unspecified atom stereocenters. The molecule has 0 radical (unpaired) electrons. The Balaban J connectivity index is 1.93. The van der Waals surface area contributed by atoms with Gasteiger partial charge in [0, 0.05) is 19.6 Å². The third kappa shape index (κ3) is 5.17. The van der Waals surface area contributed by atoms with E-state index in [1.54, 1.807) is 0 Å². The van der Waals surface area contributed by atoms with E-state index in [0.29, 0.717) is 12.1 Å². The third-order valence-corrected chi connectivity index (χ3v) is 3.38. The van der Waals surface area contributed by atoms with Gasteiger partial charge in [0.2, 0.25) is 0 Å². The van der Waals surface area contributed by atoms with Gasteiger partial charge in [-0.2, -0.15) is 5.26 Å². The Hall–Kier alpha value is -2.41. The lowest BCUT2D eigenvalue weighted by molar-refractivity contribution is 0.203. The van der Waals surface area contributed by atoms with Gasteiger partial charge in [-0.05, 0) is 23.3 Å². The first-order valence-corrected chi connectivity index (χ1v) is 7.35. The number of benzene rings is 2. The van der Waals surface area contributed by atoms with E-state index >= 15 is 0 Å². The summed E-state index contributed by atoms with van der Waals surface area (Å²) in [4.78, 5) is 2.19. The van der Waals surface area contributed by atoms with Crippen LogP contribution < -0.4 is 0 Å². The average Bonchev–Trinajstić information content (AvgIpc) is 2.56. The summed E-state index contributed by atoms with van der Waals surface area (Å²) < 4.78 is 0. The highest BCUT2D eigenvalue weighted by Gasteiger charge is 2.03. The van der Waals surface area contributed by atoms with Crippen molar-refractivity contribution in [3.8, 4) is 6.07 Å². The quantitative estimate of drug-likeness (QED) is 0.853. The molecule has 0 spiro atoms. The Kier molecular flexibility index (Phi) is 6.38. The summed E-state index contributed by atoms with van der Waals surface area (Å²) in [7, 11) is 0. The van der Waals surface area contributed by atoms with Gasteiger partial charge in [-0.1, -0.05) is 54.6 Å². The number of hydrogen-bond acceptors (Lipinski definition) is 3. The minimum Gasteiger partial charge on any atom is -0.395 e. The second kappa shape index (κ2) is 8.78. The number of aliphatic hydroxyl groups excluding tert-OH is 1. The fourth-order valence-corrected chi connectivity index (χ4v) is 2.22. The third-order valence-electron chi connectivity index (χ3n) is 3.38. The van der Waals surface area contributed by atoms with E-state index in [4.69, 9.17) is 5.26 Å². The summed E-state index contributed by atoms with van der Waals surface area (Å²) in [6, 6.07) is 19.9. The van der Waals surface area contributed by atoms with Crippen molar-refractivity contribution in [2.24, 2.45) is 0 Å². The van der Waals surface area contributed by atoms with E-state index in [0.717, 1.165) is 18.7 Å².